The first-order valence-corrected chi connectivity index (χ1v) is 30.5. The molecular formula is C55H54BrClF8N6O11S3. The first kappa shape index (κ1) is 67.7. The largest absolute Gasteiger partial charge is 0.392 e. The zero-order valence-electron chi connectivity index (χ0n) is 43.8. The fourth-order valence-corrected chi connectivity index (χ4v) is 14.3. The van der Waals surface area contributed by atoms with E-state index in [0.717, 1.165) is 32.9 Å². The second kappa shape index (κ2) is 27.5. The number of aliphatic hydroxyl groups excluding tert-OH is 3. The van der Waals surface area contributed by atoms with Gasteiger partial charge in [0, 0.05) is 96.1 Å². The molecule has 85 heavy (non-hydrogen) atoms. The maximum absolute atomic E-state index is 13.6. The summed E-state index contributed by atoms with van der Waals surface area (Å²) in [6, 6.07) is 20.9. The van der Waals surface area contributed by atoms with Crippen molar-refractivity contribution < 1.29 is 85.9 Å². The number of nitrogens with one attached hydrogen (secondary N) is 3. The van der Waals surface area contributed by atoms with Crippen molar-refractivity contribution >= 4 is 97.9 Å². The van der Waals surface area contributed by atoms with E-state index in [0.29, 0.717) is 35.4 Å². The molecule has 30 heteroatoms. The summed E-state index contributed by atoms with van der Waals surface area (Å²) in [5.41, 5.74) is 0.755. The highest BCUT2D eigenvalue weighted by Gasteiger charge is 2.40. The van der Waals surface area contributed by atoms with Gasteiger partial charge in [0.25, 0.3) is 17.7 Å². The predicted octanol–water partition coefficient (Wildman–Crippen LogP) is 8.78. The number of carbonyl (C=O) groups excluding carboxylic acids is 3. The third-order valence-corrected chi connectivity index (χ3v) is 20.2. The van der Waals surface area contributed by atoms with Crippen LogP contribution in [0.25, 0.3) is 0 Å². The number of sulfonamides is 2. The quantitative estimate of drug-likeness (QED) is 0.0384. The molecule has 6 N–H and O–H groups in total. The molecular weight excluding hydrogens is 1280 g/mol. The Balaban J connectivity index is 0.000000203. The number of carbonyl (C=O) groups is 3. The van der Waals surface area contributed by atoms with E-state index in [1.807, 2.05) is 0 Å². The smallest absolute Gasteiger partial charge is 0.255 e. The van der Waals surface area contributed by atoms with Crippen molar-refractivity contribution in [3.8, 4) is 0 Å². The molecule has 6 aromatic carbocycles. The van der Waals surface area contributed by atoms with E-state index >= 15 is 0 Å². The minimum absolute atomic E-state index is 0. The van der Waals surface area contributed by atoms with Gasteiger partial charge in [-0.05, 0) is 120 Å². The van der Waals surface area contributed by atoms with Crippen molar-refractivity contribution in [3.05, 3.63) is 175 Å². The lowest BCUT2D eigenvalue weighted by Crippen LogP contribution is -2.30. The fraction of sp³-hybridized carbons (Fsp3) is 0.273. The summed E-state index contributed by atoms with van der Waals surface area (Å²) in [4.78, 5) is 37.2. The van der Waals surface area contributed by atoms with Crippen LogP contribution in [-0.4, -0.2) is 143 Å². The summed E-state index contributed by atoms with van der Waals surface area (Å²) in [5.74, 6) is -5.93. The SMILES string of the molecule is C.C=S(=O)(c1cccc(C(=O)Nc2ccc(F)c(Br)c2)c1)N1CC(O)C(F)C1.Cc1ccc(C(=O)Nc2cc(F)c(F)c(Cl)c2)cc1S(=O)(=O)N1CC(O)C(F)C1.Cc1ccc(C(=O)Nc2cc(F)c(F)c(F)c2)cc1S(=O)(=O)N1CCC(O)C1. The van der Waals surface area contributed by atoms with E-state index < -0.39 is 131 Å². The highest BCUT2D eigenvalue weighted by atomic mass is 79.9. The Labute approximate surface area is 497 Å². The molecule has 0 aliphatic carbocycles. The number of aliphatic hydroxyl groups is 3. The van der Waals surface area contributed by atoms with Crippen LogP contribution < -0.4 is 16.0 Å². The number of hydrogen-bond acceptors (Lipinski definition) is 11. The molecule has 3 heterocycles. The topological polar surface area (TPSA) is 243 Å². The summed E-state index contributed by atoms with van der Waals surface area (Å²) < 4.78 is 175. The zero-order chi connectivity index (χ0) is 61.9. The maximum Gasteiger partial charge on any atom is 0.255 e. The molecule has 9 rings (SSSR count). The number of rotatable bonds is 12. The van der Waals surface area contributed by atoms with E-state index in [4.69, 9.17) is 11.6 Å². The van der Waals surface area contributed by atoms with Crippen LogP contribution in [-0.2, 0) is 29.8 Å². The van der Waals surface area contributed by atoms with Crippen LogP contribution in [0.2, 0.25) is 5.02 Å². The first-order valence-electron chi connectivity index (χ1n) is 24.7. The molecule has 0 spiro atoms. The molecule has 3 aliphatic rings. The highest BCUT2D eigenvalue weighted by molar-refractivity contribution is 9.10. The second-order valence-electron chi connectivity index (χ2n) is 19.3. The Kier molecular flexibility index (Phi) is 22.0. The number of hydrogen-bond donors (Lipinski definition) is 6. The van der Waals surface area contributed by atoms with Crippen molar-refractivity contribution in [2.45, 2.75) is 73.0 Å². The summed E-state index contributed by atoms with van der Waals surface area (Å²) in [6.07, 6.45) is -6.25. The lowest BCUT2D eigenvalue weighted by atomic mass is 10.1. The molecule has 3 aliphatic heterocycles. The minimum Gasteiger partial charge on any atom is -0.392 e. The van der Waals surface area contributed by atoms with E-state index in [2.05, 4.69) is 37.8 Å². The first-order chi connectivity index (χ1) is 39.3. The second-order valence-corrected chi connectivity index (χ2v) is 26.6. The van der Waals surface area contributed by atoms with E-state index in [1.165, 1.54) is 65.8 Å². The summed E-state index contributed by atoms with van der Waals surface area (Å²) >= 11 is 8.60. The van der Waals surface area contributed by atoms with Crippen molar-refractivity contribution in [3.63, 3.8) is 0 Å². The van der Waals surface area contributed by atoms with Crippen molar-refractivity contribution in [1.82, 2.24) is 12.9 Å². The Morgan fingerprint density at radius 3 is 1.48 bits per heavy atom. The van der Waals surface area contributed by atoms with Crippen LogP contribution >= 0.6 is 27.5 Å². The van der Waals surface area contributed by atoms with Crippen molar-refractivity contribution in [1.29, 1.82) is 0 Å². The van der Waals surface area contributed by atoms with Gasteiger partial charge in [0.2, 0.25) is 20.0 Å². The van der Waals surface area contributed by atoms with Gasteiger partial charge in [0.15, 0.2) is 29.1 Å². The molecule has 6 unspecified atom stereocenters. The van der Waals surface area contributed by atoms with Gasteiger partial charge in [-0.1, -0.05) is 37.2 Å². The molecule has 0 bridgehead atoms. The molecule has 0 aromatic heterocycles. The molecule has 0 saturated carbocycles. The number of nitrogens with zero attached hydrogens (tertiary/aromatic N) is 3. The van der Waals surface area contributed by atoms with Gasteiger partial charge in [-0.25, -0.2) is 60.5 Å². The van der Waals surface area contributed by atoms with Crippen LogP contribution in [0.3, 0.4) is 0 Å². The Bertz CT molecular complexity index is 3830. The normalized spacial score (nSPS) is 19.8. The van der Waals surface area contributed by atoms with E-state index in [-0.39, 0.29) is 80.8 Å². The van der Waals surface area contributed by atoms with Crippen LogP contribution in [0.1, 0.15) is 56.0 Å². The molecule has 3 fully saturated rings. The number of benzene rings is 6. The van der Waals surface area contributed by atoms with Crippen LogP contribution in [0.5, 0.6) is 0 Å². The number of β-amino-alcohol motifs (C(OH)–C–C–N with tert-alkyl or cyclic N) is 3. The number of aryl methyl sites for hydroxylation is 2. The van der Waals surface area contributed by atoms with Crippen molar-refractivity contribution in [2.75, 3.05) is 55.2 Å². The van der Waals surface area contributed by atoms with Crippen LogP contribution in [0, 0.1) is 48.8 Å². The Morgan fingerprint density at radius 1 is 0.565 bits per heavy atom. The molecule has 0 radical (unpaired) electrons. The number of halogens is 10. The summed E-state index contributed by atoms with van der Waals surface area (Å²) in [7, 11) is -11.1. The molecule has 17 nitrogen and oxygen atoms in total. The fourth-order valence-electron chi connectivity index (χ4n) is 8.53. The standard InChI is InChI=1S/C18H17BrF2N2O3S.C18H16ClF3N2O4S.C18H17F3N2O4S.CH4/c1-27(26,23-9-16(21)17(24)10-23)13-4-2-3-11(7-13)18(25)22-12-5-6-15(20)14(19)8-12;1-9-2-3-10(18(26)23-11-5-12(19)17(22)13(20)6-11)4-16(9)29(27,28)24-7-14(21)15(25)8-24;1-10-2-3-11(6-16(10)28(26,27)23-5-4-13(24)9-23)18(25)22-12-7-14(19)17(21)15(20)8-12;/h2-8,16-17,24H,1,9-10H2,(H,22,25);2-6,14-15,25H,7-8H2,1H3,(H,23,26);2-3,6-8,13,24H,4-5,9H2,1H3,(H,22,25);1H4. The van der Waals surface area contributed by atoms with Crippen molar-refractivity contribution in [2.24, 2.45) is 0 Å². The summed E-state index contributed by atoms with van der Waals surface area (Å²) in [6.45, 7) is 2.02. The number of alkyl halides is 2. The predicted molar refractivity (Wildman–Crippen MR) is 306 cm³/mol. The average molecular weight is 1340 g/mol. The van der Waals surface area contributed by atoms with Crippen LogP contribution in [0.4, 0.5) is 52.2 Å². The molecule has 3 saturated heterocycles. The van der Waals surface area contributed by atoms with Gasteiger partial charge in [0.1, 0.15) is 30.4 Å². The van der Waals surface area contributed by atoms with Gasteiger partial charge >= 0.3 is 0 Å². The van der Waals surface area contributed by atoms with Gasteiger partial charge in [-0.15, -0.1) is 0 Å². The number of anilines is 3. The zero-order valence-corrected chi connectivity index (χ0v) is 48.6. The monoisotopic (exact) mass is 1340 g/mol. The molecule has 3 amide bonds. The summed E-state index contributed by atoms with van der Waals surface area (Å²) in [5, 5.41) is 35.3. The average Bonchev–Trinajstić information content (AvgIpc) is 2.76. The van der Waals surface area contributed by atoms with Gasteiger partial charge in [0.05, 0.1) is 35.1 Å². The van der Waals surface area contributed by atoms with Gasteiger partial charge in [-0.2, -0.15) is 8.61 Å². The van der Waals surface area contributed by atoms with E-state index in [9.17, 15) is 85.9 Å². The van der Waals surface area contributed by atoms with Gasteiger partial charge in [-0.3, -0.25) is 14.4 Å². The number of amides is 3. The lowest BCUT2D eigenvalue weighted by molar-refractivity contribution is 0.101. The maximum atomic E-state index is 13.6. The Hall–Kier alpha value is -6.38. The Morgan fingerprint density at radius 2 is 1.02 bits per heavy atom. The third kappa shape index (κ3) is 15.8. The minimum atomic E-state index is -4.16. The van der Waals surface area contributed by atoms with E-state index in [1.54, 1.807) is 19.1 Å². The van der Waals surface area contributed by atoms with Crippen LogP contribution in [0.15, 0.2) is 122 Å². The third-order valence-electron chi connectivity index (χ3n) is 13.2. The molecule has 458 valence electrons. The molecule has 6 atom stereocenters. The highest BCUT2D eigenvalue weighted by Crippen LogP contribution is 2.31. The molecule has 6 aromatic rings. The lowest BCUT2D eigenvalue weighted by Gasteiger charge is -2.21. The van der Waals surface area contributed by atoms with Gasteiger partial charge < -0.3 is 31.3 Å².